The van der Waals surface area contributed by atoms with Gasteiger partial charge in [-0.15, -0.1) is 0 Å². The zero-order valence-corrected chi connectivity index (χ0v) is 12.1. The lowest BCUT2D eigenvalue weighted by molar-refractivity contribution is -0.137. The van der Waals surface area contributed by atoms with Crippen LogP contribution < -0.4 is 10.6 Å². The molecule has 3 nitrogen and oxygen atoms in total. The first-order chi connectivity index (χ1) is 9.86. The third kappa shape index (κ3) is 4.22. The first-order valence-corrected chi connectivity index (χ1v) is 6.65. The Balaban J connectivity index is 2.08. The molecule has 0 atom stereocenters. The third-order valence-electron chi connectivity index (χ3n) is 2.57. The van der Waals surface area contributed by atoms with Gasteiger partial charge in [-0.05, 0) is 46.3 Å². The molecule has 0 heterocycles. The van der Waals surface area contributed by atoms with Gasteiger partial charge < -0.3 is 10.6 Å². The molecule has 110 valence electrons. The van der Waals surface area contributed by atoms with Crippen LogP contribution >= 0.6 is 15.9 Å². The van der Waals surface area contributed by atoms with Crippen LogP contribution in [0.25, 0.3) is 0 Å². The van der Waals surface area contributed by atoms with Crippen LogP contribution in [0, 0.1) is 0 Å². The summed E-state index contributed by atoms with van der Waals surface area (Å²) in [5.74, 6) is 0. The van der Waals surface area contributed by atoms with Gasteiger partial charge in [0, 0.05) is 10.2 Å². The van der Waals surface area contributed by atoms with Crippen molar-refractivity contribution in [1.82, 2.24) is 0 Å². The van der Waals surface area contributed by atoms with E-state index in [9.17, 15) is 18.0 Å². The molecule has 0 aliphatic heterocycles. The van der Waals surface area contributed by atoms with Gasteiger partial charge in [-0.1, -0.05) is 18.2 Å². The van der Waals surface area contributed by atoms with Crippen LogP contribution in [0.1, 0.15) is 5.56 Å². The Morgan fingerprint density at radius 1 is 1.00 bits per heavy atom. The van der Waals surface area contributed by atoms with E-state index in [1.54, 1.807) is 24.3 Å². The average Bonchev–Trinajstić information content (AvgIpc) is 2.41. The fourth-order valence-corrected chi connectivity index (χ4v) is 2.00. The Labute approximate surface area is 127 Å². The Bertz CT molecular complexity index is 659. The fourth-order valence-electron chi connectivity index (χ4n) is 1.62. The van der Waals surface area contributed by atoms with Crippen molar-refractivity contribution in [2.24, 2.45) is 0 Å². The number of hydrogen-bond acceptors (Lipinski definition) is 1. The van der Waals surface area contributed by atoms with Crippen molar-refractivity contribution in [3.05, 3.63) is 58.6 Å². The fraction of sp³-hybridized carbons (Fsp3) is 0.0714. The molecule has 0 aliphatic rings. The van der Waals surface area contributed by atoms with Crippen molar-refractivity contribution in [2.45, 2.75) is 6.18 Å². The largest absolute Gasteiger partial charge is 0.416 e. The molecule has 0 radical (unpaired) electrons. The lowest BCUT2D eigenvalue weighted by Crippen LogP contribution is -2.20. The minimum absolute atomic E-state index is 0.0642. The highest BCUT2D eigenvalue weighted by atomic mass is 79.9. The molecule has 0 fully saturated rings. The molecule has 0 saturated carbocycles. The quantitative estimate of drug-likeness (QED) is 0.769. The van der Waals surface area contributed by atoms with Gasteiger partial charge in [0.15, 0.2) is 0 Å². The predicted octanol–water partition coefficient (Wildman–Crippen LogP) is 5.11. The summed E-state index contributed by atoms with van der Waals surface area (Å²) in [7, 11) is 0. The summed E-state index contributed by atoms with van der Waals surface area (Å²) in [6.45, 7) is 0. The van der Waals surface area contributed by atoms with Crippen molar-refractivity contribution in [1.29, 1.82) is 0 Å². The van der Waals surface area contributed by atoms with Gasteiger partial charge in [-0.3, -0.25) is 0 Å². The molecule has 0 bridgehead atoms. The average molecular weight is 359 g/mol. The molecule has 2 aromatic rings. The number of anilines is 2. The van der Waals surface area contributed by atoms with Crippen molar-refractivity contribution in [3.8, 4) is 0 Å². The van der Waals surface area contributed by atoms with E-state index in [4.69, 9.17) is 0 Å². The van der Waals surface area contributed by atoms with Crippen molar-refractivity contribution in [3.63, 3.8) is 0 Å². The third-order valence-corrected chi connectivity index (χ3v) is 3.26. The van der Waals surface area contributed by atoms with E-state index in [-0.39, 0.29) is 5.69 Å². The molecule has 0 unspecified atom stereocenters. The van der Waals surface area contributed by atoms with Gasteiger partial charge in [0.1, 0.15) is 0 Å². The van der Waals surface area contributed by atoms with Gasteiger partial charge in [0.2, 0.25) is 0 Å². The molecule has 0 spiro atoms. The Morgan fingerprint density at radius 2 is 1.71 bits per heavy atom. The summed E-state index contributed by atoms with van der Waals surface area (Å²) in [5, 5.41) is 4.90. The van der Waals surface area contributed by atoms with E-state index in [1.807, 2.05) is 0 Å². The number of alkyl halides is 3. The van der Waals surface area contributed by atoms with Gasteiger partial charge in [0.05, 0.1) is 11.3 Å². The second-order valence-corrected chi connectivity index (χ2v) is 4.99. The summed E-state index contributed by atoms with van der Waals surface area (Å²) in [6, 6.07) is 10.7. The molecule has 0 aromatic heterocycles. The summed E-state index contributed by atoms with van der Waals surface area (Å²) >= 11 is 3.26. The molecule has 0 aliphatic carbocycles. The van der Waals surface area contributed by atoms with E-state index in [2.05, 4.69) is 26.6 Å². The molecule has 0 saturated heterocycles. The Morgan fingerprint density at radius 3 is 2.38 bits per heavy atom. The standard InChI is InChI=1S/C14H10BrF3N2O/c15-11-6-1-2-7-12(11)20-13(21)19-10-5-3-4-9(8-10)14(16,17)18/h1-8H,(H2,19,20,21). The number of carbonyl (C=O) groups is 1. The summed E-state index contributed by atoms with van der Waals surface area (Å²) in [5.41, 5.74) is -0.238. The van der Waals surface area contributed by atoms with E-state index in [0.717, 1.165) is 12.1 Å². The van der Waals surface area contributed by atoms with Crippen LogP contribution in [0.15, 0.2) is 53.0 Å². The minimum atomic E-state index is -4.45. The summed E-state index contributed by atoms with van der Waals surface area (Å²) in [6.07, 6.45) is -4.45. The maximum absolute atomic E-state index is 12.6. The molecule has 21 heavy (non-hydrogen) atoms. The van der Waals surface area contributed by atoms with Crippen LogP contribution in [0.4, 0.5) is 29.3 Å². The van der Waals surface area contributed by atoms with Crippen LogP contribution in [-0.4, -0.2) is 6.03 Å². The first-order valence-electron chi connectivity index (χ1n) is 5.86. The summed E-state index contributed by atoms with van der Waals surface area (Å²) < 4.78 is 38.4. The second-order valence-electron chi connectivity index (χ2n) is 4.14. The number of amides is 2. The molecule has 2 N–H and O–H groups in total. The number of para-hydroxylation sites is 1. The number of urea groups is 1. The number of carbonyl (C=O) groups excluding carboxylic acids is 1. The predicted molar refractivity (Wildman–Crippen MR) is 78.2 cm³/mol. The zero-order chi connectivity index (χ0) is 15.5. The highest BCUT2D eigenvalue weighted by Crippen LogP contribution is 2.30. The Hall–Kier alpha value is -2.02. The molecular formula is C14H10BrF3N2O. The highest BCUT2D eigenvalue weighted by Gasteiger charge is 2.30. The van der Waals surface area contributed by atoms with Gasteiger partial charge in [-0.2, -0.15) is 13.2 Å². The highest BCUT2D eigenvalue weighted by molar-refractivity contribution is 9.10. The van der Waals surface area contributed by atoms with E-state index >= 15 is 0 Å². The van der Waals surface area contributed by atoms with Gasteiger partial charge in [0.25, 0.3) is 0 Å². The van der Waals surface area contributed by atoms with E-state index < -0.39 is 17.8 Å². The number of benzene rings is 2. The minimum Gasteiger partial charge on any atom is -0.308 e. The van der Waals surface area contributed by atoms with Crippen LogP contribution in [0.3, 0.4) is 0 Å². The van der Waals surface area contributed by atoms with E-state index in [0.29, 0.717) is 10.2 Å². The van der Waals surface area contributed by atoms with Crippen molar-refractivity contribution >= 4 is 33.3 Å². The maximum atomic E-state index is 12.6. The normalized spacial score (nSPS) is 11.0. The smallest absolute Gasteiger partial charge is 0.308 e. The topological polar surface area (TPSA) is 41.1 Å². The Kier molecular flexibility index (Phi) is 4.52. The lowest BCUT2D eigenvalue weighted by atomic mass is 10.2. The van der Waals surface area contributed by atoms with Crippen LogP contribution in [-0.2, 0) is 6.18 Å². The number of halogens is 4. The van der Waals surface area contributed by atoms with Gasteiger partial charge in [-0.25, -0.2) is 4.79 Å². The zero-order valence-electron chi connectivity index (χ0n) is 10.5. The maximum Gasteiger partial charge on any atom is 0.416 e. The number of nitrogens with one attached hydrogen (secondary N) is 2. The number of hydrogen-bond donors (Lipinski definition) is 2. The molecular weight excluding hydrogens is 349 g/mol. The van der Waals surface area contributed by atoms with Crippen LogP contribution in [0.2, 0.25) is 0 Å². The van der Waals surface area contributed by atoms with Crippen LogP contribution in [0.5, 0.6) is 0 Å². The second kappa shape index (κ2) is 6.17. The molecule has 2 rings (SSSR count). The first kappa shape index (κ1) is 15.4. The van der Waals surface area contributed by atoms with Gasteiger partial charge >= 0.3 is 12.2 Å². The molecule has 2 aromatic carbocycles. The number of rotatable bonds is 2. The SMILES string of the molecule is O=C(Nc1cccc(C(F)(F)F)c1)Nc1ccccc1Br. The monoisotopic (exact) mass is 358 g/mol. The van der Waals surface area contributed by atoms with Crippen molar-refractivity contribution in [2.75, 3.05) is 10.6 Å². The lowest BCUT2D eigenvalue weighted by Gasteiger charge is -2.11. The van der Waals surface area contributed by atoms with E-state index in [1.165, 1.54) is 12.1 Å². The molecule has 2 amide bonds. The van der Waals surface area contributed by atoms with Crippen molar-refractivity contribution < 1.29 is 18.0 Å². The summed E-state index contributed by atoms with van der Waals surface area (Å²) in [4.78, 5) is 11.8. The molecule has 7 heteroatoms.